The second-order valence-corrected chi connectivity index (χ2v) is 6.22. The summed E-state index contributed by atoms with van der Waals surface area (Å²) in [5.74, 6) is -1.35. The third-order valence-corrected chi connectivity index (χ3v) is 3.59. The molecule has 0 bridgehead atoms. The number of amides is 1. The van der Waals surface area contributed by atoms with Crippen LogP contribution in [0.25, 0.3) is 0 Å². The fraction of sp³-hybridized carbons (Fsp3) is 0.200. The maximum absolute atomic E-state index is 12.8. The number of nitro groups is 1. The fourth-order valence-electron chi connectivity index (χ4n) is 2.38. The number of esters is 1. The summed E-state index contributed by atoms with van der Waals surface area (Å²) in [6, 6.07) is 12.9. The Kier molecular flexibility index (Phi) is 6.43. The van der Waals surface area contributed by atoms with E-state index in [1.165, 1.54) is 18.2 Å². The highest BCUT2D eigenvalue weighted by atomic mass is 16.6. The molecule has 2 rings (SSSR count). The molecule has 7 heteroatoms. The lowest BCUT2D eigenvalue weighted by Crippen LogP contribution is -2.25. The zero-order valence-corrected chi connectivity index (χ0v) is 15.3. The number of allylic oxidation sites excluding steroid dienone is 1. The Balaban J connectivity index is 2.33. The van der Waals surface area contributed by atoms with Gasteiger partial charge >= 0.3 is 5.97 Å². The van der Waals surface area contributed by atoms with Gasteiger partial charge in [0.05, 0.1) is 4.92 Å². The highest BCUT2D eigenvalue weighted by Crippen LogP contribution is 2.27. The summed E-state index contributed by atoms with van der Waals surface area (Å²) in [4.78, 5) is 35.5. The van der Waals surface area contributed by atoms with Gasteiger partial charge in [-0.25, -0.2) is 4.79 Å². The molecule has 0 fully saturated rings. The van der Waals surface area contributed by atoms with Gasteiger partial charge in [0.25, 0.3) is 11.6 Å². The largest absolute Gasteiger partial charge is 0.444 e. The lowest BCUT2D eigenvalue weighted by atomic mass is 10.1. The number of hydrogen-bond donors (Lipinski definition) is 1. The van der Waals surface area contributed by atoms with E-state index in [4.69, 9.17) is 4.74 Å². The SMILES string of the molecule is CC(C)=CC(=O)O[C@@H](C(=O)Nc1ccc(C)cc1[N+](=O)[O-])c1ccccc1. The molecule has 0 radical (unpaired) electrons. The van der Waals surface area contributed by atoms with Crippen molar-refractivity contribution >= 4 is 23.3 Å². The van der Waals surface area contributed by atoms with Gasteiger partial charge in [-0.05, 0) is 32.4 Å². The van der Waals surface area contributed by atoms with E-state index in [1.54, 1.807) is 57.2 Å². The Morgan fingerprint density at radius 2 is 1.81 bits per heavy atom. The Morgan fingerprint density at radius 1 is 1.15 bits per heavy atom. The number of nitro benzene ring substituents is 1. The van der Waals surface area contributed by atoms with Crippen molar-refractivity contribution in [2.24, 2.45) is 0 Å². The lowest BCUT2D eigenvalue weighted by Gasteiger charge is -2.17. The predicted octanol–water partition coefficient (Wildman–Crippen LogP) is 4.09. The van der Waals surface area contributed by atoms with Crippen molar-refractivity contribution in [1.82, 2.24) is 0 Å². The summed E-state index contributed by atoms with van der Waals surface area (Å²) in [7, 11) is 0. The number of nitrogens with zero attached hydrogens (tertiary/aromatic N) is 1. The first-order chi connectivity index (χ1) is 12.8. The van der Waals surface area contributed by atoms with Crippen LogP contribution in [0.5, 0.6) is 0 Å². The minimum Gasteiger partial charge on any atom is -0.444 e. The molecule has 0 aromatic heterocycles. The molecule has 7 nitrogen and oxygen atoms in total. The fourth-order valence-corrected chi connectivity index (χ4v) is 2.38. The number of nitrogens with one attached hydrogen (secondary N) is 1. The molecule has 140 valence electrons. The summed E-state index contributed by atoms with van der Waals surface area (Å²) in [6.45, 7) is 5.18. The van der Waals surface area contributed by atoms with Crippen molar-refractivity contribution in [2.75, 3.05) is 5.32 Å². The van der Waals surface area contributed by atoms with E-state index in [0.717, 1.165) is 5.57 Å². The monoisotopic (exact) mass is 368 g/mol. The summed E-state index contributed by atoms with van der Waals surface area (Å²) in [6.07, 6.45) is 0.0348. The normalized spacial score (nSPS) is 11.2. The predicted molar refractivity (Wildman–Crippen MR) is 101 cm³/mol. The summed E-state index contributed by atoms with van der Waals surface area (Å²) in [5.41, 5.74) is 1.68. The molecule has 0 saturated carbocycles. The van der Waals surface area contributed by atoms with E-state index in [0.29, 0.717) is 11.1 Å². The van der Waals surface area contributed by atoms with Crippen molar-refractivity contribution in [3.8, 4) is 0 Å². The molecule has 1 atom stereocenters. The molecule has 0 unspecified atom stereocenters. The van der Waals surface area contributed by atoms with Crippen LogP contribution in [-0.4, -0.2) is 16.8 Å². The van der Waals surface area contributed by atoms with E-state index >= 15 is 0 Å². The van der Waals surface area contributed by atoms with E-state index in [2.05, 4.69) is 5.32 Å². The van der Waals surface area contributed by atoms with Crippen molar-refractivity contribution < 1.29 is 19.2 Å². The Labute approximate surface area is 156 Å². The van der Waals surface area contributed by atoms with Gasteiger partial charge in [0.15, 0.2) is 0 Å². The van der Waals surface area contributed by atoms with Crippen LogP contribution in [0.1, 0.15) is 31.1 Å². The number of aryl methyl sites for hydroxylation is 1. The number of carbonyl (C=O) groups excluding carboxylic acids is 2. The molecular formula is C20H20N2O5. The van der Waals surface area contributed by atoms with Gasteiger partial charge < -0.3 is 10.1 Å². The quantitative estimate of drug-likeness (QED) is 0.358. The maximum Gasteiger partial charge on any atom is 0.331 e. The third-order valence-electron chi connectivity index (χ3n) is 3.59. The van der Waals surface area contributed by atoms with Crippen LogP contribution in [0.3, 0.4) is 0 Å². The second kappa shape index (κ2) is 8.75. The van der Waals surface area contributed by atoms with Gasteiger partial charge in [0, 0.05) is 17.7 Å². The standard InChI is InChI=1S/C20H20N2O5/c1-13(2)11-18(23)27-19(15-7-5-4-6-8-15)20(24)21-16-10-9-14(3)12-17(16)22(25)26/h4-12,19H,1-3H3,(H,21,24)/t19-/m1/s1. The lowest BCUT2D eigenvalue weighted by molar-refractivity contribution is -0.384. The van der Waals surface area contributed by atoms with E-state index in [9.17, 15) is 19.7 Å². The average molecular weight is 368 g/mol. The van der Waals surface area contributed by atoms with Gasteiger partial charge in [-0.2, -0.15) is 0 Å². The molecule has 0 spiro atoms. The number of benzene rings is 2. The van der Waals surface area contributed by atoms with Gasteiger partial charge in [-0.1, -0.05) is 42.0 Å². The van der Waals surface area contributed by atoms with Crippen LogP contribution < -0.4 is 5.32 Å². The van der Waals surface area contributed by atoms with Gasteiger partial charge in [0.1, 0.15) is 5.69 Å². The van der Waals surface area contributed by atoms with Gasteiger partial charge in [-0.15, -0.1) is 0 Å². The van der Waals surface area contributed by atoms with Crippen molar-refractivity contribution in [3.63, 3.8) is 0 Å². The summed E-state index contributed by atoms with van der Waals surface area (Å²) in [5, 5.41) is 13.8. The minimum atomic E-state index is -1.24. The average Bonchev–Trinajstić information content (AvgIpc) is 2.61. The van der Waals surface area contributed by atoms with Crippen LogP contribution in [0.4, 0.5) is 11.4 Å². The van der Waals surface area contributed by atoms with Crippen LogP contribution in [0.15, 0.2) is 60.2 Å². The van der Waals surface area contributed by atoms with Crippen molar-refractivity contribution in [1.29, 1.82) is 0 Å². The molecule has 1 N–H and O–H groups in total. The van der Waals surface area contributed by atoms with E-state index in [-0.39, 0.29) is 11.4 Å². The number of hydrogen-bond acceptors (Lipinski definition) is 5. The smallest absolute Gasteiger partial charge is 0.331 e. The summed E-state index contributed by atoms with van der Waals surface area (Å²) < 4.78 is 5.31. The van der Waals surface area contributed by atoms with E-state index in [1.807, 2.05) is 0 Å². The number of ether oxygens (including phenoxy) is 1. The second-order valence-electron chi connectivity index (χ2n) is 6.22. The molecule has 2 aromatic carbocycles. The molecule has 2 aromatic rings. The molecule has 0 aliphatic carbocycles. The first-order valence-corrected chi connectivity index (χ1v) is 8.24. The number of carbonyl (C=O) groups is 2. The molecule has 0 heterocycles. The molecule has 0 aliphatic rings. The van der Waals surface area contributed by atoms with Crippen LogP contribution >= 0.6 is 0 Å². The number of rotatable bonds is 6. The third kappa shape index (κ3) is 5.50. The zero-order chi connectivity index (χ0) is 20.0. The van der Waals surface area contributed by atoms with Gasteiger partial charge in [-0.3, -0.25) is 14.9 Å². The van der Waals surface area contributed by atoms with Crippen LogP contribution in [-0.2, 0) is 14.3 Å². The maximum atomic E-state index is 12.8. The molecule has 0 saturated heterocycles. The molecule has 27 heavy (non-hydrogen) atoms. The first kappa shape index (κ1) is 19.8. The Morgan fingerprint density at radius 3 is 2.41 bits per heavy atom. The van der Waals surface area contributed by atoms with Crippen molar-refractivity contribution in [2.45, 2.75) is 26.9 Å². The van der Waals surface area contributed by atoms with Gasteiger partial charge in [0.2, 0.25) is 6.10 Å². The highest BCUT2D eigenvalue weighted by Gasteiger charge is 2.26. The summed E-state index contributed by atoms with van der Waals surface area (Å²) >= 11 is 0. The number of anilines is 1. The zero-order valence-electron chi connectivity index (χ0n) is 15.3. The molecule has 0 aliphatic heterocycles. The van der Waals surface area contributed by atoms with E-state index < -0.39 is 22.9 Å². The Bertz CT molecular complexity index is 887. The molecular weight excluding hydrogens is 348 g/mol. The topological polar surface area (TPSA) is 98.5 Å². The highest BCUT2D eigenvalue weighted by molar-refractivity contribution is 5.98. The first-order valence-electron chi connectivity index (χ1n) is 8.24. The minimum absolute atomic E-state index is 0.0368. The van der Waals surface area contributed by atoms with Crippen molar-refractivity contribution in [3.05, 3.63) is 81.4 Å². The van der Waals surface area contributed by atoms with Crippen LogP contribution in [0, 0.1) is 17.0 Å². The Hall–Kier alpha value is -3.48. The molecule has 1 amide bonds. The van der Waals surface area contributed by atoms with Crippen LogP contribution in [0.2, 0.25) is 0 Å².